The maximum Gasteiger partial charge on any atom is 0.319 e. The minimum Gasteiger partial charge on any atom is -0.338 e. The van der Waals surface area contributed by atoms with Gasteiger partial charge in [-0.05, 0) is 37.6 Å². The van der Waals surface area contributed by atoms with Crippen molar-refractivity contribution in [3.05, 3.63) is 54.1 Å². The molecular weight excluding hydrogens is 316 g/mol. The normalized spacial score (nSPS) is 10.5. The zero-order valence-corrected chi connectivity index (χ0v) is 14.2. The summed E-state index contributed by atoms with van der Waals surface area (Å²) in [5.41, 5.74) is 3.46. The zero-order valence-electron chi connectivity index (χ0n) is 14.2. The van der Waals surface area contributed by atoms with Gasteiger partial charge in [0.05, 0.1) is 0 Å². The van der Waals surface area contributed by atoms with Gasteiger partial charge in [-0.2, -0.15) is 4.98 Å². The molecule has 25 heavy (non-hydrogen) atoms. The SMILES string of the molecule is CCCNC(=O)Nc1cccc(-c2noc(-c3cccc(C)c3)n2)c1. The highest BCUT2D eigenvalue weighted by atomic mass is 16.5. The highest BCUT2D eigenvalue weighted by Gasteiger charge is 2.11. The van der Waals surface area contributed by atoms with Crippen molar-refractivity contribution in [1.82, 2.24) is 15.5 Å². The summed E-state index contributed by atoms with van der Waals surface area (Å²) in [7, 11) is 0. The van der Waals surface area contributed by atoms with Crippen LogP contribution >= 0.6 is 0 Å². The Hall–Kier alpha value is -3.15. The van der Waals surface area contributed by atoms with Crippen LogP contribution in [-0.2, 0) is 0 Å². The maximum atomic E-state index is 11.8. The summed E-state index contributed by atoms with van der Waals surface area (Å²) in [6.07, 6.45) is 0.887. The molecule has 1 aromatic heterocycles. The summed E-state index contributed by atoms with van der Waals surface area (Å²) >= 11 is 0. The smallest absolute Gasteiger partial charge is 0.319 e. The van der Waals surface area contributed by atoms with Gasteiger partial charge in [-0.15, -0.1) is 0 Å². The van der Waals surface area contributed by atoms with Crippen LogP contribution in [0.3, 0.4) is 0 Å². The van der Waals surface area contributed by atoms with Crippen molar-refractivity contribution in [2.24, 2.45) is 0 Å². The second-order valence-electron chi connectivity index (χ2n) is 5.75. The molecule has 0 aliphatic heterocycles. The topological polar surface area (TPSA) is 80.0 Å². The lowest BCUT2D eigenvalue weighted by Crippen LogP contribution is -2.29. The average Bonchev–Trinajstić information content (AvgIpc) is 3.10. The first-order chi connectivity index (χ1) is 12.2. The van der Waals surface area contributed by atoms with E-state index in [1.54, 1.807) is 0 Å². The van der Waals surface area contributed by atoms with E-state index in [-0.39, 0.29) is 6.03 Å². The first-order valence-corrected chi connectivity index (χ1v) is 8.22. The number of carbonyl (C=O) groups excluding carboxylic acids is 1. The van der Waals surface area contributed by atoms with E-state index in [0.717, 1.165) is 23.1 Å². The van der Waals surface area contributed by atoms with E-state index in [4.69, 9.17) is 4.52 Å². The maximum absolute atomic E-state index is 11.8. The Morgan fingerprint density at radius 1 is 1.12 bits per heavy atom. The van der Waals surface area contributed by atoms with Gasteiger partial charge >= 0.3 is 6.03 Å². The molecule has 0 atom stereocenters. The molecule has 2 amide bonds. The minimum absolute atomic E-state index is 0.229. The van der Waals surface area contributed by atoms with Crippen LogP contribution in [0.5, 0.6) is 0 Å². The zero-order chi connectivity index (χ0) is 17.6. The summed E-state index contributed by atoms with van der Waals surface area (Å²) in [6, 6.07) is 15.0. The second kappa shape index (κ2) is 7.61. The molecular formula is C19H20N4O2. The van der Waals surface area contributed by atoms with Crippen molar-refractivity contribution in [2.75, 3.05) is 11.9 Å². The molecule has 0 radical (unpaired) electrons. The summed E-state index contributed by atoms with van der Waals surface area (Å²) in [5, 5.41) is 9.62. The average molecular weight is 336 g/mol. The van der Waals surface area contributed by atoms with E-state index < -0.39 is 0 Å². The molecule has 0 spiro atoms. The van der Waals surface area contributed by atoms with Crippen LogP contribution in [0.2, 0.25) is 0 Å². The standard InChI is InChI=1S/C19H20N4O2/c1-3-10-20-19(24)21-16-9-5-7-14(12-16)17-22-18(25-23-17)15-8-4-6-13(2)11-15/h4-9,11-12H,3,10H2,1-2H3,(H2,20,21,24). The van der Waals surface area contributed by atoms with Crippen molar-refractivity contribution in [1.29, 1.82) is 0 Å². The molecule has 2 aromatic carbocycles. The quantitative estimate of drug-likeness (QED) is 0.730. The van der Waals surface area contributed by atoms with Crippen LogP contribution in [0.15, 0.2) is 53.1 Å². The molecule has 6 nitrogen and oxygen atoms in total. The van der Waals surface area contributed by atoms with Gasteiger partial charge in [0.25, 0.3) is 5.89 Å². The number of aryl methyl sites for hydroxylation is 1. The van der Waals surface area contributed by atoms with Gasteiger partial charge in [0, 0.05) is 23.4 Å². The molecule has 0 saturated carbocycles. The minimum atomic E-state index is -0.229. The Kier molecular flexibility index (Phi) is 5.09. The number of anilines is 1. The number of benzene rings is 2. The number of nitrogens with zero attached hydrogens (tertiary/aromatic N) is 2. The lowest BCUT2D eigenvalue weighted by atomic mass is 10.1. The van der Waals surface area contributed by atoms with Crippen molar-refractivity contribution in [3.8, 4) is 22.8 Å². The number of hydrogen-bond donors (Lipinski definition) is 2. The fourth-order valence-corrected chi connectivity index (χ4v) is 2.39. The monoisotopic (exact) mass is 336 g/mol. The molecule has 0 fully saturated rings. The van der Waals surface area contributed by atoms with Crippen LogP contribution < -0.4 is 10.6 Å². The third-order valence-electron chi connectivity index (χ3n) is 3.61. The van der Waals surface area contributed by atoms with E-state index in [9.17, 15) is 4.79 Å². The Bertz CT molecular complexity index is 873. The highest BCUT2D eigenvalue weighted by molar-refractivity contribution is 5.89. The fourth-order valence-electron chi connectivity index (χ4n) is 2.39. The summed E-state index contributed by atoms with van der Waals surface area (Å²) in [4.78, 5) is 16.2. The van der Waals surface area contributed by atoms with E-state index >= 15 is 0 Å². The summed E-state index contributed by atoms with van der Waals surface area (Å²) < 4.78 is 5.37. The van der Waals surface area contributed by atoms with Crippen molar-refractivity contribution in [2.45, 2.75) is 20.3 Å². The molecule has 0 aliphatic rings. The van der Waals surface area contributed by atoms with E-state index in [1.807, 2.05) is 62.4 Å². The molecule has 0 unspecified atom stereocenters. The van der Waals surface area contributed by atoms with Crippen molar-refractivity contribution < 1.29 is 9.32 Å². The Morgan fingerprint density at radius 3 is 2.72 bits per heavy atom. The van der Waals surface area contributed by atoms with Gasteiger partial charge in [0.15, 0.2) is 0 Å². The molecule has 3 rings (SSSR count). The molecule has 128 valence electrons. The summed E-state index contributed by atoms with van der Waals surface area (Å²) in [6.45, 7) is 4.65. The van der Waals surface area contributed by atoms with Crippen LogP contribution in [-0.4, -0.2) is 22.7 Å². The second-order valence-corrected chi connectivity index (χ2v) is 5.75. The molecule has 1 heterocycles. The first kappa shape index (κ1) is 16.7. The fraction of sp³-hybridized carbons (Fsp3) is 0.211. The predicted molar refractivity (Wildman–Crippen MR) is 97.2 cm³/mol. The van der Waals surface area contributed by atoms with Gasteiger partial charge in [-0.25, -0.2) is 4.79 Å². The highest BCUT2D eigenvalue weighted by Crippen LogP contribution is 2.24. The van der Waals surface area contributed by atoms with Crippen LogP contribution in [0.1, 0.15) is 18.9 Å². The van der Waals surface area contributed by atoms with E-state index in [0.29, 0.717) is 23.9 Å². The molecule has 2 N–H and O–H groups in total. The largest absolute Gasteiger partial charge is 0.338 e. The third kappa shape index (κ3) is 4.23. The predicted octanol–water partition coefficient (Wildman–Crippen LogP) is 4.24. The lowest BCUT2D eigenvalue weighted by Gasteiger charge is -2.07. The number of hydrogen-bond acceptors (Lipinski definition) is 4. The number of nitrogens with one attached hydrogen (secondary N) is 2. The van der Waals surface area contributed by atoms with Gasteiger partial charge in [0.2, 0.25) is 5.82 Å². The Morgan fingerprint density at radius 2 is 1.92 bits per heavy atom. The van der Waals surface area contributed by atoms with Gasteiger partial charge < -0.3 is 15.2 Å². The molecule has 3 aromatic rings. The number of urea groups is 1. The lowest BCUT2D eigenvalue weighted by molar-refractivity contribution is 0.252. The van der Waals surface area contributed by atoms with Gasteiger partial charge in [0.1, 0.15) is 0 Å². The van der Waals surface area contributed by atoms with E-state index in [1.165, 1.54) is 0 Å². The van der Waals surface area contributed by atoms with Gasteiger partial charge in [-0.3, -0.25) is 0 Å². The number of aromatic nitrogens is 2. The number of rotatable bonds is 5. The van der Waals surface area contributed by atoms with Crippen LogP contribution in [0.4, 0.5) is 10.5 Å². The van der Waals surface area contributed by atoms with Crippen molar-refractivity contribution in [3.63, 3.8) is 0 Å². The van der Waals surface area contributed by atoms with Gasteiger partial charge in [-0.1, -0.05) is 41.9 Å². The molecule has 0 bridgehead atoms. The number of amides is 2. The molecule has 0 saturated heterocycles. The number of carbonyl (C=O) groups is 1. The summed E-state index contributed by atoms with van der Waals surface area (Å²) in [5.74, 6) is 0.951. The van der Waals surface area contributed by atoms with Crippen LogP contribution in [0, 0.1) is 6.92 Å². The van der Waals surface area contributed by atoms with Crippen molar-refractivity contribution >= 4 is 11.7 Å². The van der Waals surface area contributed by atoms with E-state index in [2.05, 4.69) is 20.8 Å². The third-order valence-corrected chi connectivity index (χ3v) is 3.61. The molecule has 0 aliphatic carbocycles. The van der Waals surface area contributed by atoms with Crippen LogP contribution in [0.25, 0.3) is 22.8 Å². The Labute approximate surface area is 146 Å². The Balaban J connectivity index is 1.78. The first-order valence-electron chi connectivity index (χ1n) is 8.22. The molecule has 6 heteroatoms.